The number of carbonyl (C=O) groups is 1. The first-order chi connectivity index (χ1) is 14.3. The zero-order chi connectivity index (χ0) is 21.7. The summed E-state index contributed by atoms with van der Waals surface area (Å²) < 4.78 is 28.0. The average Bonchev–Trinajstić information content (AvgIpc) is 2.71. The van der Waals surface area contributed by atoms with E-state index in [4.69, 9.17) is 0 Å². The number of aryl methyl sites for hydroxylation is 1. The molecule has 30 heavy (non-hydrogen) atoms. The number of likely N-dealkylation sites (tertiary alicyclic amines) is 1. The predicted octanol–water partition coefficient (Wildman–Crippen LogP) is 3.57. The molecule has 2 N–H and O–H groups in total. The number of hydrogen-bond acceptors (Lipinski definition) is 4. The maximum Gasteiger partial charge on any atom is 0.261 e. The summed E-state index contributed by atoms with van der Waals surface area (Å²) in [6.07, 6.45) is 3.31. The zero-order valence-corrected chi connectivity index (χ0v) is 18.8. The van der Waals surface area contributed by atoms with Crippen LogP contribution in [-0.2, 0) is 10.0 Å². The second-order valence-corrected chi connectivity index (χ2v) is 9.87. The van der Waals surface area contributed by atoms with Crippen LogP contribution in [0.15, 0.2) is 47.4 Å². The first kappa shape index (κ1) is 22.3. The minimum atomic E-state index is -3.72. The van der Waals surface area contributed by atoms with Crippen molar-refractivity contribution < 1.29 is 13.2 Å². The summed E-state index contributed by atoms with van der Waals surface area (Å²) in [5.74, 6) is 0.479. The van der Waals surface area contributed by atoms with E-state index in [9.17, 15) is 13.2 Å². The fourth-order valence-corrected chi connectivity index (χ4v) is 4.87. The largest absolute Gasteiger partial charge is 0.352 e. The summed E-state index contributed by atoms with van der Waals surface area (Å²) in [7, 11) is -1.58. The average molecular weight is 430 g/mol. The fraction of sp³-hybridized carbons (Fsp3) is 0.435. The summed E-state index contributed by atoms with van der Waals surface area (Å²) in [5, 5.41) is 3.00. The number of hydrogen-bond donors (Lipinski definition) is 2. The van der Waals surface area contributed by atoms with E-state index < -0.39 is 10.0 Å². The quantitative estimate of drug-likeness (QED) is 0.705. The molecule has 0 saturated carbocycles. The Morgan fingerprint density at radius 1 is 1.07 bits per heavy atom. The molecule has 0 spiro atoms. The van der Waals surface area contributed by atoms with Crippen LogP contribution in [0.3, 0.4) is 0 Å². The Hall–Kier alpha value is -2.38. The summed E-state index contributed by atoms with van der Waals surface area (Å²) in [5.41, 5.74) is 2.51. The van der Waals surface area contributed by atoms with Crippen LogP contribution in [0.5, 0.6) is 0 Å². The molecule has 1 aliphatic rings. The Morgan fingerprint density at radius 3 is 2.40 bits per heavy atom. The molecule has 0 aliphatic carbocycles. The number of nitrogens with one attached hydrogen (secondary N) is 2. The number of piperidine rings is 1. The molecule has 0 bridgehead atoms. The van der Waals surface area contributed by atoms with E-state index in [0.717, 1.165) is 25.1 Å². The maximum absolute atomic E-state index is 12.7. The lowest BCUT2D eigenvalue weighted by Crippen LogP contribution is -2.33. The monoisotopic (exact) mass is 429 g/mol. The molecule has 3 rings (SSSR count). The number of sulfonamides is 1. The topological polar surface area (TPSA) is 78.5 Å². The molecule has 6 nitrogen and oxygen atoms in total. The van der Waals surface area contributed by atoms with Crippen LogP contribution >= 0.6 is 0 Å². The summed E-state index contributed by atoms with van der Waals surface area (Å²) >= 11 is 0. The lowest BCUT2D eigenvalue weighted by Gasteiger charge is -2.28. The van der Waals surface area contributed by atoms with Crippen molar-refractivity contribution in [2.24, 2.45) is 5.92 Å². The Morgan fingerprint density at radius 2 is 1.73 bits per heavy atom. The summed E-state index contributed by atoms with van der Waals surface area (Å²) in [6.45, 7) is 6.52. The van der Waals surface area contributed by atoms with Gasteiger partial charge in [0.05, 0.1) is 10.6 Å². The Bertz CT molecular complexity index is 979. The van der Waals surface area contributed by atoms with Gasteiger partial charge in [0, 0.05) is 12.1 Å². The van der Waals surface area contributed by atoms with Gasteiger partial charge in [0.25, 0.3) is 15.9 Å². The second kappa shape index (κ2) is 9.62. The third kappa shape index (κ3) is 5.61. The minimum Gasteiger partial charge on any atom is -0.352 e. The van der Waals surface area contributed by atoms with Crippen LogP contribution in [0.4, 0.5) is 5.69 Å². The van der Waals surface area contributed by atoms with Gasteiger partial charge >= 0.3 is 0 Å². The predicted molar refractivity (Wildman–Crippen MR) is 120 cm³/mol. The highest BCUT2D eigenvalue weighted by Crippen LogP contribution is 2.23. The molecule has 1 heterocycles. The standard InChI is InChI=1S/C23H31N3O3S/c1-17-7-9-20(10-8-17)30(28,29)25-22-6-4-5-21(18(22)2)23(27)24-14-11-19-12-15-26(3)16-13-19/h4-10,19,25H,11-16H2,1-3H3,(H,24,27). The summed E-state index contributed by atoms with van der Waals surface area (Å²) in [6, 6.07) is 11.8. The van der Waals surface area contributed by atoms with Crippen molar-refractivity contribution in [3.05, 3.63) is 59.2 Å². The van der Waals surface area contributed by atoms with Crippen LogP contribution in [0, 0.1) is 19.8 Å². The van der Waals surface area contributed by atoms with E-state index in [1.165, 1.54) is 12.8 Å². The summed E-state index contributed by atoms with van der Waals surface area (Å²) in [4.78, 5) is 15.2. The van der Waals surface area contributed by atoms with Crippen molar-refractivity contribution in [3.63, 3.8) is 0 Å². The van der Waals surface area contributed by atoms with E-state index in [1.807, 2.05) is 6.92 Å². The van der Waals surface area contributed by atoms with Gasteiger partial charge < -0.3 is 10.2 Å². The van der Waals surface area contributed by atoms with Gasteiger partial charge in [-0.1, -0.05) is 23.8 Å². The molecule has 0 aromatic heterocycles. The van der Waals surface area contributed by atoms with E-state index in [0.29, 0.717) is 29.3 Å². The zero-order valence-electron chi connectivity index (χ0n) is 17.9. The third-order valence-electron chi connectivity index (χ3n) is 5.83. The molecule has 0 radical (unpaired) electrons. The van der Waals surface area contributed by atoms with Crippen LogP contribution in [0.1, 0.15) is 40.7 Å². The molecule has 162 valence electrons. The van der Waals surface area contributed by atoms with Gasteiger partial charge in [-0.2, -0.15) is 0 Å². The Balaban J connectivity index is 1.64. The van der Waals surface area contributed by atoms with Gasteiger partial charge in [-0.25, -0.2) is 8.42 Å². The lowest BCUT2D eigenvalue weighted by atomic mass is 9.94. The minimum absolute atomic E-state index is 0.170. The SMILES string of the molecule is Cc1ccc(S(=O)(=O)Nc2cccc(C(=O)NCCC3CCN(C)CC3)c2C)cc1. The van der Waals surface area contributed by atoms with Gasteiger partial charge in [0.2, 0.25) is 0 Å². The highest BCUT2D eigenvalue weighted by atomic mass is 32.2. The Kier molecular flexibility index (Phi) is 7.15. The fourth-order valence-electron chi connectivity index (χ4n) is 3.75. The number of rotatable bonds is 7. The number of carbonyl (C=O) groups excluding carboxylic acids is 1. The Labute approximate surface area is 179 Å². The number of nitrogens with zero attached hydrogens (tertiary/aromatic N) is 1. The normalized spacial score (nSPS) is 15.7. The smallest absolute Gasteiger partial charge is 0.261 e. The molecule has 7 heteroatoms. The molecule has 1 amide bonds. The van der Waals surface area contributed by atoms with Gasteiger partial charge in [0.15, 0.2) is 0 Å². The van der Waals surface area contributed by atoms with Crippen molar-refractivity contribution in [2.75, 3.05) is 31.4 Å². The van der Waals surface area contributed by atoms with Gasteiger partial charge in [-0.05, 0) is 89.0 Å². The molecule has 2 aromatic rings. The van der Waals surface area contributed by atoms with Gasteiger partial charge in [0.1, 0.15) is 0 Å². The van der Waals surface area contributed by atoms with Crippen LogP contribution in [-0.4, -0.2) is 45.9 Å². The number of benzene rings is 2. The molecule has 1 saturated heterocycles. The maximum atomic E-state index is 12.7. The van der Waals surface area contributed by atoms with Crippen molar-refractivity contribution in [1.29, 1.82) is 0 Å². The van der Waals surface area contributed by atoms with Crippen molar-refractivity contribution in [1.82, 2.24) is 10.2 Å². The molecule has 0 atom stereocenters. The van der Waals surface area contributed by atoms with Crippen LogP contribution in [0.25, 0.3) is 0 Å². The van der Waals surface area contributed by atoms with Gasteiger partial charge in [-0.15, -0.1) is 0 Å². The van der Waals surface area contributed by atoms with Crippen LogP contribution in [0.2, 0.25) is 0 Å². The molecular weight excluding hydrogens is 398 g/mol. The van der Waals surface area contributed by atoms with Crippen molar-refractivity contribution >= 4 is 21.6 Å². The second-order valence-electron chi connectivity index (χ2n) is 8.19. The van der Waals surface area contributed by atoms with Gasteiger partial charge in [-0.3, -0.25) is 9.52 Å². The first-order valence-electron chi connectivity index (χ1n) is 10.4. The lowest BCUT2D eigenvalue weighted by molar-refractivity contribution is 0.0948. The van der Waals surface area contributed by atoms with Crippen molar-refractivity contribution in [3.8, 4) is 0 Å². The number of amides is 1. The van der Waals surface area contributed by atoms with E-state index in [2.05, 4.69) is 22.0 Å². The molecule has 2 aromatic carbocycles. The highest BCUT2D eigenvalue weighted by Gasteiger charge is 2.19. The molecular formula is C23H31N3O3S. The third-order valence-corrected chi connectivity index (χ3v) is 7.21. The van der Waals surface area contributed by atoms with Crippen LogP contribution < -0.4 is 10.0 Å². The molecule has 1 fully saturated rings. The van der Waals surface area contributed by atoms with E-state index in [-0.39, 0.29) is 10.8 Å². The highest BCUT2D eigenvalue weighted by molar-refractivity contribution is 7.92. The first-order valence-corrected chi connectivity index (χ1v) is 11.9. The van der Waals surface area contributed by atoms with E-state index >= 15 is 0 Å². The molecule has 0 unspecified atom stereocenters. The number of anilines is 1. The van der Waals surface area contributed by atoms with E-state index in [1.54, 1.807) is 49.4 Å². The van der Waals surface area contributed by atoms with Crippen molar-refractivity contribution in [2.45, 2.75) is 38.0 Å². The molecule has 1 aliphatic heterocycles.